The second-order valence-electron chi connectivity index (χ2n) is 17.4. The number of fused-ring (bicyclic) bond motifs is 1. The third-order valence-corrected chi connectivity index (χ3v) is 11.9. The van der Waals surface area contributed by atoms with Crippen LogP contribution in [0.25, 0.3) is 10.8 Å². The van der Waals surface area contributed by atoms with Gasteiger partial charge in [-0.3, -0.25) is 0 Å². The van der Waals surface area contributed by atoms with Gasteiger partial charge in [0.25, 0.3) is 0 Å². The van der Waals surface area contributed by atoms with E-state index >= 15 is 0 Å². The van der Waals surface area contributed by atoms with Crippen LogP contribution in [0.4, 0.5) is 0 Å². The van der Waals surface area contributed by atoms with Crippen LogP contribution in [0.5, 0.6) is 34.5 Å². The summed E-state index contributed by atoms with van der Waals surface area (Å²) in [6.07, 6.45) is 19.7. The summed E-state index contributed by atoms with van der Waals surface area (Å²) >= 11 is 0. The Labute approximate surface area is 407 Å². The number of benzene rings is 6. The molecule has 0 spiro atoms. The van der Waals surface area contributed by atoms with Crippen LogP contribution in [0.15, 0.2) is 127 Å². The summed E-state index contributed by atoms with van der Waals surface area (Å²) in [5, 5.41) is 1.53. The molecule has 0 N–H and O–H groups in total. The minimum atomic E-state index is -0.604. The van der Waals surface area contributed by atoms with Crippen LogP contribution in [0.3, 0.4) is 0 Å². The molecule has 0 aliphatic carbocycles. The highest BCUT2D eigenvalue weighted by Crippen LogP contribution is 2.30. The molecule has 6 aromatic rings. The second-order valence-corrected chi connectivity index (χ2v) is 17.4. The van der Waals surface area contributed by atoms with Gasteiger partial charge in [-0.15, -0.1) is 0 Å². The summed E-state index contributed by atoms with van der Waals surface area (Å²) in [7, 11) is 0. The number of hydrogen-bond donors (Lipinski definition) is 0. The van der Waals surface area contributed by atoms with E-state index in [1.807, 2.05) is 0 Å². The van der Waals surface area contributed by atoms with E-state index in [0.29, 0.717) is 52.5 Å². The first-order valence-electron chi connectivity index (χ1n) is 24.8. The summed E-state index contributed by atoms with van der Waals surface area (Å²) < 4.78 is 34.3. The van der Waals surface area contributed by atoms with Crippen LogP contribution < -0.4 is 28.4 Å². The largest absolute Gasteiger partial charge is 0.494 e. The Hall–Kier alpha value is -6.94. The Morgan fingerprint density at radius 2 is 0.667 bits per heavy atom. The molecule has 0 unspecified atom stereocenters. The summed E-state index contributed by atoms with van der Waals surface area (Å²) in [6, 6.07) is 34.7. The molecule has 0 fully saturated rings. The first kappa shape index (κ1) is 51.5. The minimum absolute atomic E-state index is 0.249. The lowest BCUT2D eigenvalue weighted by Crippen LogP contribution is -2.11. The van der Waals surface area contributed by atoms with Crippen LogP contribution in [0.2, 0.25) is 0 Å². The van der Waals surface area contributed by atoms with E-state index in [1.165, 1.54) is 126 Å². The molecule has 0 saturated carbocycles. The van der Waals surface area contributed by atoms with Crippen molar-refractivity contribution in [2.24, 2.45) is 0 Å². The highest BCUT2D eigenvalue weighted by molar-refractivity contribution is 5.99. The van der Waals surface area contributed by atoms with Gasteiger partial charge in [-0.1, -0.05) is 116 Å². The maximum absolute atomic E-state index is 13.3. The number of hydrogen-bond acceptors (Lipinski definition) is 10. The van der Waals surface area contributed by atoms with Gasteiger partial charge in [-0.25, -0.2) is 19.2 Å². The lowest BCUT2D eigenvalue weighted by Gasteiger charge is -2.12. The molecule has 0 aliphatic rings. The molecule has 10 nitrogen and oxygen atoms in total. The molecular formula is C59H66O10. The van der Waals surface area contributed by atoms with E-state index in [4.69, 9.17) is 28.4 Å². The first-order chi connectivity index (χ1) is 33.7. The molecular weight excluding hydrogens is 869 g/mol. The summed E-state index contributed by atoms with van der Waals surface area (Å²) in [4.78, 5) is 52.3. The zero-order valence-corrected chi connectivity index (χ0v) is 40.4. The second kappa shape index (κ2) is 27.8. The van der Waals surface area contributed by atoms with E-state index in [-0.39, 0.29) is 22.6 Å². The molecule has 6 rings (SSSR count). The molecule has 0 aliphatic heterocycles. The highest BCUT2D eigenvalue weighted by atomic mass is 16.5. The standard InChI is InChI=1S/C59H66O10/c1-4-6-8-10-12-14-16-18-40-64-49-29-22-45(23-30-49)56(60)66-51-33-26-47(27-34-51)58(62)69-55-39-28-44-20-21-48(42-54(44)43(55)3)59(63)68-52-31-24-46(25-32-52)57(61)67-53-37-35-50(36-38-53)65-41-19-17-15-13-11-9-7-5-2/h20-39,42H,4-19,40-41H2,1-3H3. The number of unbranched alkanes of at least 4 members (excludes halogenated alkanes) is 14. The Morgan fingerprint density at radius 3 is 1.10 bits per heavy atom. The van der Waals surface area contributed by atoms with Gasteiger partial charge in [0.2, 0.25) is 0 Å². The molecule has 0 heterocycles. The number of carbonyl (C=O) groups excluding carboxylic acids is 4. The Kier molecular flexibility index (Phi) is 20.7. The average molecular weight is 935 g/mol. The molecule has 10 heteroatoms. The van der Waals surface area contributed by atoms with Crippen LogP contribution >= 0.6 is 0 Å². The van der Waals surface area contributed by atoms with Gasteiger partial charge < -0.3 is 28.4 Å². The van der Waals surface area contributed by atoms with Crippen molar-refractivity contribution < 1.29 is 47.6 Å². The zero-order valence-electron chi connectivity index (χ0n) is 40.4. The summed E-state index contributed by atoms with van der Waals surface area (Å²) in [6.45, 7) is 7.55. The van der Waals surface area contributed by atoms with Gasteiger partial charge in [0.05, 0.1) is 35.5 Å². The van der Waals surface area contributed by atoms with Crippen molar-refractivity contribution in [3.63, 3.8) is 0 Å². The van der Waals surface area contributed by atoms with Crippen molar-refractivity contribution in [1.29, 1.82) is 0 Å². The van der Waals surface area contributed by atoms with Gasteiger partial charge in [-0.05, 0) is 151 Å². The summed E-state index contributed by atoms with van der Waals surface area (Å²) in [5.74, 6) is 0.379. The van der Waals surface area contributed by atoms with Gasteiger partial charge in [0.1, 0.15) is 34.5 Å². The molecule has 6 aromatic carbocycles. The van der Waals surface area contributed by atoms with E-state index in [9.17, 15) is 19.2 Å². The van der Waals surface area contributed by atoms with Crippen molar-refractivity contribution >= 4 is 34.6 Å². The van der Waals surface area contributed by atoms with Crippen molar-refractivity contribution in [3.05, 3.63) is 155 Å². The number of ether oxygens (including phenoxy) is 6. The molecule has 362 valence electrons. The average Bonchev–Trinajstić information content (AvgIpc) is 3.37. The Balaban J connectivity index is 0.937. The maximum Gasteiger partial charge on any atom is 0.343 e. The third kappa shape index (κ3) is 16.7. The monoisotopic (exact) mass is 934 g/mol. The predicted octanol–water partition coefficient (Wildman–Crippen LogP) is 15.1. The van der Waals surface area contributed by atoms with Crippen LogP contribution in [-0.2, 0) is 0 Å². The van der Waals surface area contributed by atoms with E-state index in [1.54, 1.807) is 85.8 Å². The molecule has 0 bridgehead atoms. The lowest BCUT2D eigenvalue weighted by atomic mass is 10.0. The predicted molar refractivity (Wildman–Crippen MR) is 270 cm³/mol. The zero-order chi connectivity index (χ0) is 48.6. The normalized spacial score (nSPS) is 10.9. The minimum Gasteiger partial charge on any atom is -0.494 e. The smallest absolute Gasteiger partial charge is 0.343 e. The number of esters is 4. The van der Waals surface area contributed by atoms with E-state index < -0.39 is 23.9 Å². The summed E-state index contributed by atoms with van der Waals surface area (Å²) in [5.41, 5.74) is 1.86. The molecule has 69 heavy (non-hydrogen) atoms. The lowest BCUT2D eigenvalue weighted by molar-refractivity contribution is 0.0719. The maximum atomic E-state index is 13.3. The van der Waals surface area contributed by atoms with Crippen LogP contribution in [0.1, 0.15) is 164 Å². The van der Waals surface area contributed by atoms with Crippen molar-refractivity contribution in [3.8, 4) is 34.5 Å². The van der Waals surface area contributed by atoms with Gasteiger partial charge in [0.15, 0.2) is 0 Å². The molecule has 0 aromatic heterocycles. The highest BCUT2D eigenvalue weighted by Gasteiger charge is 2.17. The number of aryl methyl sites for hydroxylation is 1. The molecule has 0 saturated heterocycles. The van der Waals surface area contributed by atoms with Gasteiger partial charge >= 0.3 is 23.9 Å². The Morgan fingerprint density at radius 1 is 0.348 bits per heavy atom. The first-order valence-corrected chi connectivity index (χ1v) is 24.8. The topological polar surface area (TPSA) is 124 Å². The third-order valence-electron chi connectivity index (χ3n) is 11.9. The number of rotatable bonds is 28. The SMILES string of the molecule is CCCCCCCCCCOc1ccc(OC(=O)c2ccc(OC(=O)c3ccc4ccc(OC(=O)c5ccc(OC(=O)c6ccc(OCCCCCCCCCC)cc6)cc5)c(C)c4c3)cc2)cc1. The van der Waals surface area contributed by atoms with Crippen molar-refractivity contribution in [2.75, 3.05) is 13.2 Å². The van der Waals surface area contributed by atoms with Gasteiger partial charge in [-0.2, -0.15) is 0 Å². The van der Waals surface area contributed by atoms with E-state index in [2.05, 4.69) is 13.8 Å². The van der Waals surface area contributed by atoms with Crippen LogP contribution in [-0.4, -0.2) is 37.1 Å². The fourth-order valence-corrected chi connectivity index (χ4v) is 7.80. The number of carbonyl (C=O) groups is 4. The molecule has 0 atom stereocenters. The Bertz CT molecular complexity index is 2550. The van der Waals surface area contributed by atoms with Crippen LogP contribution in [0, 0.1) is 6.92 Å². The van der Waals surface area contributed by atoms with Gasteiger partial charge in [0, 0.05) is 0 Å². The molecule has 0 amide bonds. The quantitative estimate of drug-likeness (QED) is 0.0267. The van der Waals surface area contributed by atoms with Crippen molar-refractivity contribution in [2.45, 2.75) is 124 Å². The van der Waals surface area contributed by atoms with Crippen molar-refractivity contribution in [1.82, 2.24) is 0 Å². The van der Waals surface area contributed by atoms with E-state index in [0.717, 1.165) is 36.8 Å². The fraction of sp³-hybridized carbons (Fsp3) is 0.356. The molecule has 0 radical (unpaired) electrons. The fourth-order valence-electron chi connectivity index (χ4n) is 7.80.